The first-order valence-electron chi connectivity index (χ1n) is 37.9. The number of carbonyl (C=O) groups is 1. The Balaban J connectivity index is 0.000000160. The minimum absolute atomic E-state index is 0.0893. The quantitative estimate of drug-likeness (QED) is 0.0311. The summed E-state index contributed by atoms with van der Waals surface area (Å²) in [5.41, 5.74) is 8.44. The van der Waals surface area contributed by atoms with Crippen molar-refractivity contribution in [2.24, 2.45) is 0 Å². The maximum absolute atomic E-state index is 11.0. The summed E-state index contributed by atoms with van der Waals surface area (Å²) in [6, 6.07) is 34.6. The molecule has 30 nitrogen and oxygen atoms in total. The number of carboxylic acid groups (broad SMARTS) is 1. The summed E-state index contributed by atoms with van der Waals surface area (Å²) in [5.74, 6) is 7.37. The van der Waals surface area contributed by atoms with E-state index in [1.165, 1.54) is 18.7 Å². The average Bonchev–Trinajstić information content (AvgIpc) is 1.79. The van der Waals surface area contributed by atoms with E-state index in [2.05, 4.69) is 90.2 Å². The molecule has 594 valence electrons. The third-order valence-electron chi connectivity index (χ3n) is 17.2. The number of aliphatic hydroxyl groups is 2. The molecule has 1 atom stereocenters. The topological polar surface area (TPSA) is 365 Å². The molecule has 1 aliphatic heterocycles. The van der Waals surface area contributed by atoms with E-state index in [9.17, 15) is 15.0 Å². The fourth-order valence-electron chi connectivity index (χ4n) is 11.8. The van der Waals surface area contributed by atoms with Gasteiger partial charge in [-0.15, -0.1) is 0 Å². The van der Waals surface area contributed by atoms with Crippen LogP contribution in [0, 0.1) is 0 Å². The lowest BCUT2D eigenvalue weighted by atomic mass is 10.1. The highest BCUT2D eigenvalue weighted by Gasteiger charge is 2.23. The summed E-state index contributed by atoms with van der Waals surface area (Å²) in [6.45, 7) is 29.6. The molecule has 4 aromatic carbocycles. The molecular formula is C83H96N14O16. The average molecular weight is 1550 g/mol. The number of ether oxygens (including phenoxy) is 8. The Hall–Kier alpha value is -12.3. The van der Waals surface area contributed by atoms with Gasteiger partial charge in [-0.05, 0) is 222 Å². The number of aryl methyl sites for hydroxylation is 1. The summed E-state index contributed by atoms with van der Waals surface area (Å²) in [6.07, 6.45) is 11.9. The van der Waals surface area contributed by atoms with E-state index in [1.54, 1.807) is 48.9 Å². The smallest absolute Gasteiger partial charge is 0.354 e. The molecule has 0 unspecified atom stereocenters. The normalized spacial score (nSPS) is 12.4. The van der Waals surface area contributed by atoms with Gasteiger partial charge < -0.3 is 76.2 Å². The number of likely N-dealkylation sites (tertiary alicyclic amines) is 1. The number of aromatic carboxylic acids is 1. The van der Waals surface area contributed by atoms with E-state index >= 15 is 0 Å². The van der Waals surface area contributed by atoms with Crippen molar-refractivity contribution >= 4 is 5.97 Å². The molecule has 1 saturated heterocycles. The molecule has 0 saturated carbocycles. The summed E-state index contributed by atoms with van der Waals surface area (Å²) in [4.78, 5) is 50.4. The zero-order valence-corrected chi connectivity index (χ0v) is 65.3. The fraction of sp³-hybridized carbons (Fsp3) is 0.361. The maximum atomic E-state index is 11.0. The van der Waals surface area contributed by atoms with Crippen LogP contribution < -0.4 is 37.9 Å². The minimum Gasteiger partial charge on any atom is -0.490 e. The second-order valence-corrected chi connectivity index (χ2v) is 25.0. The summed E-state index contributed by atoms with van der Waals surface area (Å²) < 4.78 is 66.7. The molecule has 30 heteroatoms. The van der Waals surface area contributed by atoms with Crippen LogP contribution in [0.15, 0.2) is 164 Å². The highest BCUT2D eigenvalue weighted by atomic mass is 16.5. The highest BCUT2D eigenvalue weighted by molar-refractivity contribution is 5.86. The van der Waals surface area contributed by atoms with Crippen LogP contribution >= 0.6 is 0 Å². The third-order valence-corrected chi connectivity index (χ3v) is 17.2. The Kier molecular flexibility index (Phi) is 31.5. The summed E-state index contributed by atoms with van der Waals surface area (Å²) in [7, 11) is 0. The van der Waals surface area contributed by atoms with E-state index in [0.29, 0.717) is 169 Å². The molecule has 13 rings (SSSR count). The zero-order chi connectivity index (χ0) is 79.9. The van der Waals surface area contributed by atoms with Crippen molar-refractivity contribution in [2.75, 3.05) is 85.6 Å². The molecule has 0 spiro atoms. The first-order valence-corrected chi connectivity index (χ1v) is 37.9. The van der Waals surface area contributed by atoms with Crippen molar-refractivity contribution in [1.82, 2.24) is 70.3 Å². The predicted octanol–water partition coefficient (Wildman–Crippen LogP) is 14.8. The molecule has 3 N–H and O–H groups in total. The molecule has 8 aromatic heterocycles. The largest absolute Gasteiger partial charge is 0.490 e. The highest BCUT2D eigenvalue weighted by Crippen LogP contribution is 2.38. The van der Waals surface area contributed by atoms with E-state index in [-0.39, 0.29) is 30.1 Å². The molecule has 1 aliphatic rings. The van der Waals surface area contributed by atoms with Crippen molar-refractivity contribution in [3.8, 4) is 137 Å². The number of hydrogen-bond donors (Lipinski definition) is 3. The first kappa shape index (κ1) is 83.2. The lowest BCUT2D eigenvalue weighted by Crippen LogP contribution is -2.23. The monoisotopic (exact) mass is 1540 g/mol. The molecule has 0 amide bonds. The second-order valence-electron chi connectivity index (χ2n) is 25.0. The van der Waals surface area contributed by atoms with Gasteiger partial charge in [0, 0.05) is 101 Å². The van der Waals surface area contributed by atoms with Gasteiger partial charge >= 0.3 is 5.97 Å². The number of hydrogen-bond acceptors (Lipinski definition) is 29. The molecule has 0 aliphatic carbocycles. The molecule has 9 heterocycles. The summed E-state index contributed by atoms with van der Waals surface area (Å²) in [5, 5.41) is 44.2. The minimum atomic E-state index is -1.12. The van der Waals surface area contributed by atoms with E-state index < -0.39 is 5.97 Å². The first-order chi connectivity index (χ1) is 55.2. The van der Waals surface area contributed by atoms with Gasteiger partial charge in [-0.2, -0.15) is 19.9 Å². The van der Waals surface area contributed by atoms with Gasteiger partial charge in [-0.25, -0.2) is 9.78 Å². The van der Waals surface area contributed by atoms with Crippen LogP contribution in [0.4, 0.5) is 0 Å². The van der Waals surface area contributed by atoms with Crippen molar-refractivity contribution in [2.45, 2.75) is 114 Å². The van der Waals surface area contributed by atoms with E-state index in [4.69, 9.17) is 61.1 Å². The third kappa shape index (κ3) is 23.4. The van der Waals surface area contributed by atoms with Crippen LogP contribution in [0.2, 0.25) is 0 Å². The van der Waals surface area contributed by atoms with Crippen molar-refractivity contribution < 1.29 is 76.1 Å². The van der Waals surface area contributed by atoms with Gasteiger partial charge in [-0.3, -0.25) is 19.9 Å². The SMILES string of the molecule is CCOc1ccc(-c2nc(-c3ccnc(C(=O)O)c3)no2)cc1OCC.CCOc1ccc(-c2nc(-c3ccnc(CCCCN(CC)CC)c3)no2)cc1OCC.CCOc1ccc(-c2nc(-c3ccnc(CN4CC[C@@H](O)C4)c3)no2)cc1OCC.CCOc1ccc(-c2nc(-c3cncc(CO)c3)no2)cc1OCC. The van der Waals surface area contributed by atoms with Gasteiger partial charge in [0.2, 0.25) is 23.3 Å². The van der Waals surface area contributed by atoms with Crippen LogP contribution in [-0.4, -0.2) is 183 Å². The van der Waals surface area contributed by atoms with Gasteiger partial charge in [0.05, 0.1) is 71.3 Å². The predicted molar refractivity (Wildman–Crippen MR) is 421 cm³/mol. The lowest BCUT2D eigenvalue weighted by molar-refractivity contribution is 0.0690. The Bertz CT molecular complexity index is 4950. The van der Waals surface area contributed by atoms with Gasteiger partial charge in [0.25, 0.3) is 23.6 Å². The standard InChI is InChI=1S/C25H34N4O3.C22H26N4O4.C18H17N3O5.C18H19N3O4/c1-5-29(6-2)16-10-9-11-21-17-19(14-15-26-21)24-27-25(32-28-24)20-12-13-22(30-7-3)23(18-20)31-8-4;1-3-28-19-6-5-16(12-20(19)29-4-2)22-24-21(25-30-22)15-7-9-23-17(11-15)13-26-10-8-18(27)14-26;1-3-24-14-6-5-12(10-15(14)25-4-2)17-20-16(21-26-17)11-7-8-19-13(9-11)18(22)23;1-3-23-15-6-5-13(8-16(15)24-4-2)18-20-17(21-25-18)14-7-12(11-22)9-19-10-14/h12-15,17-18H,5-11,16H2,1-4H3;5-7,9,11-12,18,27H,3-4,8,10,13-14H2,1-2H3;5-10H,3-4H2,1-2H3,(H,22,23);5-10,22H,3-4,11H2,1-2H3/t;18-;;/m.1../s1. The number of unbranched alkanes of at least 4 members (excludes halogenated alkanes) is 1. The Morgan fingerprint density at radius 1 is 0.442 bits per heavy atom. The molecule has 0 bridgehead atoms. The molecular weight excluding hydrogens is 1450 g/mol. The van der Waals surface area contributed by atoms with Crippen LogP contribution in [-0.2, 0) is 19.6 Å². The number of aromatic nitrogens is 12. The lowest BCUT2D eigenvalue weighted by Gasteiger charge is -2.17. The van der Waals surface area contributed by atoms with Crippen LogP contribution in [0.25, 0.3) is 91.4 Å². The summed E-state index contributed by atoms with van der Waals surface area (Å²) >= 11 is 0. The number of rotatable bonds is 35. The Morgan fingerprint density at radius 3 is 1.20 bits per heavy atom. The number of pyridine rings is 4. The van der Waals surface area contributed by atoms with Gasteiger partial charge in [0.1, 0.15) is 5.69 Å². The Labute approximate surface area is 655 Å². The van der Waals surface area contributed by atoms with Crippen molar-refractivity contribution in [3.05, 3.63) is 169 Å². The number of aliphatic hydroxyl groups excluding tert-OH is 2. The zero-order valence-electron chi connectivity index (χ0n) is 65.3. The number of nitrogens with zero attached hydrogens (tertiary/aromatic N) is 14. The number of β-amino-alcohol motifs (C(OH)–C–C–N with tert-alkyl or cyclic N) is 1. The van der Waals surface area contributed by atoms with E-state index in [1.807, 2.05) is 134 Å². The molecule has 1 fully saturated rings. The second kappa shape index (κ2) is 42.8. The Morgan fingerprint density at radius 2 is 0.823 bits per heavy atom. The molecule has 0 radical (unpaired) electrons. The molecule has 12 aromatic rings. The molecule has 113 heavy (non-hydrogen) atoms. The maximum Gasteiger partial charge on any atom is 0.354 e. The van der Waals surface area contributed by atoms with Crippen molar-refractivity contribution in [1.29, 1.82) is 0 Å². The van der Waals surface area contributed by atoms with Gasteiger partial charge in [0.15, 0.2) is 46.0 Å². The van der Waals surface area contributed by atoms with Crippen LogP contribution in [0.1, 0.15) is 116 Å². The van der Waals surface area contributed by atoms with Gasteiger partial charge in [-0.1, -0.05) is 34.5 Å². The van der Waals surface area contributed by atoms with E-state index in [0.717, 1.165) is 84.6 Å². The van der Waals surface area contributed by atoms with Crippen LogP contribution in [0.3, 0.4) is 0 Å². The van der Waals surface area contributed by atoms with Crippen LogP contribution in [0.5, 0.6) is 46.0 Å². The number of benzene rings is 4. The number of carboxylic acids is 1. The van der Waals surface area contributed by atoms with Crippen molar-refractivity contribution in [3.63, 3.8) is 0 Å². The fourth-order valence-corrected chi connectivity index (χ4v) is 11.8.